The summed E-state index contributed by atoms with van der Waals surface area (Å²) in [6.45, 7) is 0.714. The summed E-state index contributed by atoms with van der Waals surface area (Å²) in [5.41, 5.74) is 0.631. The second-order valence-electron chi connectivity index (χ2n) is 5.13. The van der Waals surface area contributed by atoms with Gasteiger partial charge in [-0.1, -0.05) is 24.3 Å². The summed E-state index contributed by atoms with van der Waals surface area (Å²) in [6, 6.07) is 13.4. The van der Waals surface area contributed by atoms with Crippen molar-refractivity contribution < 1.29 is 18.7 Å². The molecule has 0 saturated carbocycles. The highest BCUT2D eigenvalue weighted by Gasteiger charge is 2.20. The lowest BCUT2D eigenvalue weighted by molar-refractivity contribution is -0.116. The molecule has 1 unspecified atom stereocenters. The third-order valence-electron chi connectivity index (χ3n) is 3.35. The maximum atomic E-state index is 13.0. The van der Waals surface area contributed by atoms with Gasteiger partial charge in [-0.25, -0.2) is 4.39 Å². The van der Waals surface area contributed by atoms with Crippen LogP contribution in [-0.4, -0.2) is 25.2 Å². The van der Waals surface area contributed by atoms with Gasteiger partial charge in [0.2, 0.25) is 5.91 Å². The van der Waals surface area contributed by atoms with E-state index in [-0.39, 0.29) is 17.8 Å². The molecule has 3 rings (SSSR count). The molecule has 118 valence electrons. The van der Waals surface area contributed by atoms with Crippen LogP contribution in [0.5, 0.6) is 11.5 Å². The highest BCUT2D eigenvalue weighted by atomic mass is 19.1. The predicted octanol–water partition coefficient (Wildman–Crippen LogP) is 2.80. The zero-order valence-electron chi connectivity index (χ0n) is 12.4. The zero-order valence-corrected chi connectivity index (χ0v) is 12.4. The van der Waals surface area contributed by atoms with E-state index < -0.39 is 0 Å². The van der Waals surface area contributed by atoms with Gasteiger partial charge in [-0.3, -0.25) is 4.79 Å². The van der Waals surface area contributed by atoms with E-state index in [1.807, 2.05) is 24.3 Å². The number of hydrogen-bond acceptors (Lipinski definition) is 3. The third-order valence-corrected chi connectivity index (χ3v) is 3.35. The third kappa shape index (κ3) is 4.10. The maximum Gasteiger partial charge on any atom is 0.244 e. The Kier molecular flexibility index (Phi) is 4.57. The molecule has 0 radical (unpaired) electrons. The molecular weight excluding hydrogens is 297 g/mol. The van der Waals surface area contributed by atoms with Gasteiger partial charge in [0.05, 0.1) is 6.54 Å². The Balaban J connectivity index is 1.50. The number of fused-ring (bicyclic) bond motifs is 1. The van der Waals surface area contributed by atoms with E-state index in [1.54, 1.807) is 18.2 Å². The fraction of sp³-hybridized carbons (Fsp3) is 0.167. The fourth-order valence-corrected chi connectivity index (χ4v) is 2.22. The van der Waals surface area contributed by atoms with Crippen molar-refractivity contribution in [2.75, 3.05) is 13.2 Å². The number of para-hydroxylation sites is 2. The van der Waals surface area contributed by atoms with Gasteiger partial charge in [-0.15, -0.1) is 0 Å². The standard InChI is InChI=1S/C18H16FNO3/c19-14-5-3-4-13(10-14)8-9-18(21)20-11-15-12-22-16-6-1-2-7-17(16)23-15/h1-10,15H,11-12H2,(H,20,21)/b9-8+. The molecule has 1 atom stereocenters. The van der Waals surface area contributed by atoms with Gasteiger partial charge in [-0.2, -0.15) is 0 Å². The molecule has 2 aromatic rings. The number of carbonyl (C=O) groups excluding carboxylic acids is 1. The molecule has 1 amide bonds. The Hall–Kier alpha value is -2.82. The van der Waals surface area contributed by atoms with Crippen LogP contribution in [0.3, 0.4) is 0 Å². The zero-order chi connectivity index (χ0) is 16.1. The van der Waals surface area contributed by atoms with Crippen LogP contribution in [0.1, 0.15) is 5.56 Å². The topological polar surface area (TPSA) is 47.6 Å². The van der Waals surface area contributed by atoms with Crippen LogP contribution >= 0.6 is 0 Å². The van der Waals surface area contributed by atoms with E-state index >= 15 is 0 Å². The molecule has 0 saturated heterocycles. The first-order chi connectivity index (χ1) is 11.2. The summed E-state index contributed by atoms with van der Waals surface area (Å²) < 4.78 is 24.4. The lowest BCUT2D eigenvalue weighted by Crippen LogP contribution is -2.40. The van der Waals surface area contributed by atoms with Crippen molar-refractivity contribution in [3.05, 3.63) is 66.0 Å². The molecule has 1 aliphatic heterocycles. The van der Waals surface area contributed by atoms with Crippen molar-refractivity contribution in [2.45, 2.75) is 6.10 Å². The van der Waals surface area contributed by atoms with Gasteiger partial charge in [-0.05, 0) is 35.9 Å². The average Bonchev–Trinajstić information content (AvgIpc) is 2.58. The SMILES string of the molecule is O=C(/C=C/c1cccc(F)c1)NCC1COc2ccccc2O1. The molecule has 1 aliphatic rings. The van der Waals surface area contributed by atoms with Crippen LogP contribution in [0.2, 0.25) is 0 Å². The predicted molar refractivity (Wildman–Crippen MR) is 84.8 cm³/mol. The lowest BCUT2D eigenvalue weighted by Gasteiger charge is -2.26. The number of ether oxygens (including phenoxy) is 2. The van der Waals surface area contributed by atoms with Gasteiger partial charge < -0.3 is 14.8 Å². The monoisotopic (exact) mass is 313 g/mol. The number of halogens is 1. The molecule has 1 heterocycles. The molecular formula is C18H16FNO3. The van der Waals surface area contributed by atoms with Crippen molar-refractivity contribution in [3.63, 3.8) is 0 Å². The number of carbonyl (C=O) groups is 1. The fourth-order valence-electron chi connectivity index (χ4n) is 2.22. The minimum Gasteiger partial charge on any atom is -0.486 e. The molecule has 1 N–H and O–H groups in total. The first-order valence-electron chi connectivity index (χ1n) is 7.31. The van der Waals surface area contributed by atoms with Crippen molar-refractivity contribution >= 4 is 12.0 Å². The molecule has 23 heavy (non-hydrogen) atoms. The Bertz CT molecular complexity index is 730. The molecule has 0 aliphatic carbocycles. The minimum atomic E-state index is -0.334. The van der Waals surface area contributed by atoms with Gasteiger partial charge >= 0.3 is 0 Å². The van der Waals surface area contributed by atoms with Crippen LogP contribution in [0.25, 0.3) is 6.08 Å². The van der Waals surface area contributed by atoms with Crippen molar-refractivity contribution in [3.8, 4) is 11.5 Å². The van der Waals surface area contributed by atoms with E-state index in [9.17, 15) is 9.18 Å². The van der Waals surface area contributed by atoms with E-state index in [4.69, 9.17) is 9.47 Å². The number of hydrogen-bond donors (Lipinski definition) is 1. The Morgan fingerprint density at radius 2 is 2.04 bits per heavy atom. The normalized spacial score (nSPS) is 16.3. The van der Waals surface area contributed by atoms with Crippen LogP contribution in [-0.2, 0) is 4.79 Å². The highest BCUT2D eigenvalue weighted by Crippen LogP contribution is 2.30. The summed E-state index contributed by atoms with van der Waals surface area (Å²) >= 11 is 0. The largest absolute Gasteiger partial charge is 0.486 e. The van der Waals surface area contributed by atoms with E-state index in [0.717, 1.165) is 0 Å². The molecule has 5 heteroatoms. The number of amides is 1. The van der Waals surface area contributed by atoms with E-state index in [1.165, 1.54) is 18.2 Å². The quantitative estimate of drug-likeness (QED) is 0.883. The second-order valence-corrected chi connectivity index (χ2v) is 5.13. The van der Waals surface area contributed by atoms with Crippen LogP contribution in [0, 0.1) is 5.82 Å². The molecule has 4 nitrogen and oxygen atoms in total. The number of benzene rings is 2. The van der Waals surface area contributed by atoms with Crippen LogP contribution in [0.15, 0.2) is 54.6 Å². The molecule has 0 fully saturated rings. The summed E-state index contributed by atoms with van der Waals surface area (Å²) in [7, 11) is 0. The van der Waals surface area contributed by atoms with E-state index in [2.05, 4.69) is 5.32 Å². The Morgan fingerprint density at radius 3 is 2.87 bits per heavy atom. The Morgan fingerprint density at radius 1 is 1.22 bits per heavy atom. The highest BCUT2D eigenvalue weighted by molar-refractivity contribution is 5.91. The second kappa shape index (κ2) is 6.96. The summed E-state index contributed by atoms with van der Waals surface area (Å²) in [4.78, 5) is 11.8. The van der Waals surface area contributed by atoms with Crippen molar-refractivity contribution in [1.82, 2.24) is 5.32 Å². The lowest BCUT2D eigenvalue weighted by atomic mass is 10.2. The van der Waals surface area contributed by atoms with Crippen LogP contribution < -0.4 is 14.8 Å². The Labute approximate surface area is 133 Å². The van der Waals surface area contributed by atoms with Gasteiger partial charge in [0.15, 0.2) is 11.5 Å². The molecule has 2 aromatic carbocycles. The first kappa shape index (κ1) is 15.1. The van der Waals surface area contributed by atoms with Gasteiger partial charge in [0.25, 0.3) is 0 Å². The van der Waals surface area contributed by atoms with Crippen LogP contribution in [0.4, 0.5) is 4.39 Å². The maximum absolute atomic E-state index is 13.0. The number of rotatable bonds is 4. The summed E-state index contributed by atoms with van der Waals surface area (Å²) in [6.07, 6.45) is 2.69. The smallest absolute Gasteiger partial charge is 0.244 e. The molecule has 0 aromatic heterocycles. The minimum absolute atomic E-state index is 0.239. The summed E-state index contributed by atoms with van der Waals surface area (Å²) in [5, 5.41) is 2.74. The molecule has 0 bridgehead atoms. The first-order valence-corrected chi connectivity index (χ1v) is 7.31. The molecule has 0 spiro atoms. The van der Waals surface area contributed by atoms with Crippen molar-refractivity contribution in [2.24, 2.45) is 0 Å². The number of nitrogens with one attached hydrogen (secondary N) is 1. The van der Waals surface area contributed by atoms with Gasteiger partial charge in [0, 0.05) is 6.08 Å². The van der Waals surface area contributed by atoms with Gasteiger partial charge in [0.1, 0.15) is 18.5 Å². The van der Waals surface area contributed by atoms with Crippen molar-refractivity contribution in [1.29, 1.82) is 0 Å². The van der Waals surface area contributed by atoms with E-state index in [0.29, 0.717) is 30.2 Å². The average molecular weight is 313 g/mol. The summed E-state index contributed by atoms with van der Waals surface area (Å²) in [5.74, 6) is 0.782.